The molecule has 4 amide bonds. The van der Waals surface area contributed by atoms with Crippen molar-refractivity contribution in [2.45, 2.75) is 43.1 Å². The molecule has 0 aliphatic carbocycles. The van der Waals surface area contributed by atoms with Crippen molar-refractivity contribution in [1.29, 1.82) is 0 Å². The molecule has 1 atom stereocenters. The number of primary amides is 1. The smallest absolute Gasteiger partial charge is 0.406 e. The molecule has 0 aromatic heterocycles. The van der Waals surface area contributed by atoms with Gasteiger partial charge < -0.3 is 31.7 Å². The maximum absolute atomic E-state index is 14.0. The fourth-order valence-electron chi connectivity index (χ4n) is 4.47. The van der Waals surface area contributed by atoms with E-state index in [4.69, 9.17) is 11.5 Å². The molecule has 1 aliphatic heterocycles. The van der Waals surface area contributed by atoms with E-state index in [1.165, 1.54) is 37.3 Å². The number of allylic oxidation sites excluding steroid dienone is 1. The Bertz CT molecular complexity index is 1680. The number of nitrogens with one attached hydrogen (secondary N) is 2. The van der Waals surface area contributed by atoms with Crippen molar-refractivity contribution >= 4 is 27.9 Å². The van der Waals surface area contributed by atoms with Crippen LogP contribution in [0.1, 0.15) is 24.5 Å². The Hall–Kier alpha value is -4.97. The summed E-state index contributed by atoms with van der Waals surface area (Å²) in [6, 6.07) is 6.13. The molecule has 0 unspecified atom stereocenters. The Labute approximate surface area is 272 Å². The third kappa shape index (κ3) is 9.77. The van der Waals surface area contributed by atoms with Crippen LogP contribution in [-0.4, -0.2) is 67.5 Å². The summed E-state index contributed by atoms with van der Waals surface area (Å²) in [5.41, 5.74) is 10.6. The van der Waals surface area contributed by atoms with Gasteiger partial charge in [0.1, 0.15) is 11.8 Å². The van der Waals surface area contributed by atoms with E-state index >= 15 is 0 Å². The normalized spacial score (nSPS) is 16.4. The van der Waals surface area contributed by atoms with Crippen molar-refractivity contribution in [3.8, 4) is 5.75 Å². The van der Waals surface area contributed by atoms with Crippen molar-refractivity contribution in [3.63, 3.8) is 0 Å². The lowest BCUT2D eigenvalue weighted by Gasteiger charge is -2.39. The third-order valence-corrected chi connectivity index (χ3v) is 8.97. The average molecular weight is 701 g/mol. The molecule has 1 fully saturated rings. The topological polar surface area (TPSA) is 177 Å². The summed E-state index contributed by atoms with van der Waals surface area (Å²) in [6.45, 7) is 3.44. The van der Waals surface area contributed by atoms with Gasteiger partial charge in [-0.3, -0.25) is 9.59 Å². The van der Waals surface area contributed by atoms with E-state index in [0.29, 0.717) is 5.56 Å². The summed E-state index contributed by atoms with van der Waals surface area (Å²) in [5, 5.41) is 5.02. The third-order valence-electron chi connectivity index (χ3n) is 7.05. The lowest BCUT2D eigenvalue weighted by molar-refractivity contribution is -0.274. The van der Waals surface area contributed by atoms with Crippen LogP contribution in [0.15, 0.2) is 89.6 Å². The molecule has 18 heteroatoms. The maximum atomic E-state index is 14.0. The van der Waals surface area contributed by atoms with E-state index in [1.807, 2.05) is 0 Å². The zero-order chi connectivity index (χ0) is 35.9. The monoisotopic (exact) mass is 700 g/mol. The highest BCUT2D eigenvalue weighted by molar-refractivity contribution is 7.89. The van der Waals surface area contributed by atoms with Gasteiger partial charge in [0.15, 0.2) is 0 Å². The first-order valence-electron chi connectivity index (χ1n) is 14.1. The Balaban J connectivity index is 1.88. The van der Waals surface area contributed by atoms with Crippen LogP contribution in [0.3, 0.4) is 0 Å². The van der Waals surface area contributed by atoms with Crippen LogP contribution in [0.4, 0.5) is 26.7 Å². The number of amides is 4. The molecule has 0 saturated carbocycles. The fraction of sp³-hybridized carbons (Fsp3) is 0.300. The molecule has 12 nitrogen and oxygen atoms in total. The molecule has 0 radical (unpaired) electrons. The van der Waals surface area contributed by atoms with Crippen LogP contribution in [0.5, 0.6) is 5.75 Å². The highest BCUT2D eigenvalue weighted by Crippen LogP contribution is 2.31. The largest absolute Gasteiger partial charge is 0.573 e. The number of halogens is 5. The lowest BCUT2D eigenvalue weighted by atomic mass is 10.0. The van der Waals surface area contributed by atoms with E-state index in [-0.39, 0.29) is 29.9 Å². The molecule has 2 aromatic rings. The first-order valence-corrected chi connectivity index (χ1v) is 15.6. The van der Waals surface area contributed by atoms with Crippen molar-refractivity contribution in [2.75, 3.05) is 19.6 Å². The van der Waals surface area contributed by atoms with Gasteiger partial charge in [0.2, 0.25) is 21.8 Å². The standard InChI is InChI=1S/C30H33F5N6O6S/c1-3-29(31,32)21-6-4-20(5-7-21)17-38-27(43)25-18-40(28(44)39-22(12-13-36)16-19(2)26(37)42)14-15-41(25)48(45,46)24-10-8-23(9-11-24)47-30(33,34)35/h4-13,16,25H,2-3,14-15,17-18,36H2,1H3,(H2,37,42)(H,38,43)(H,39,44)/b13-12-,22-16+/t25-/m1/s1. The van der Waals surface area contributed by atoms with Gasteiger partial charge in [-0.05, 0) is 48.2 Å². The van der Waals surface area contributed by atoms with Crippen molar-refractivity contribution < 1.29 is 49.5 Å². The molecule has 1 saturated heterocycles. The number of urea groups is 1. The number of nitrogens with zero attached hydrogens (tertiary/aromatic N) is 2. The highest BCUT2D eigenvalue weighted by atomic mass is 32.2. The van der Waals surface area contributed by atoms with Gasteiger partial charge in [-0.25, -0.2) is 22.0 Å². The first-order chi connectivity index (χ1) is 22.4. The van der Waals surface area contributed by atoms with E-state index in [1.54, 1.807) is 0 Å². The SMILES string of the molecule is C=C(/C=C(\C=C/N)NC(=O)N1CCN(S(=O)(=O)c2ccc(OC(F)(F)F)cc2)[C@@H](C(=O)NCc2ccc(C(F)(F)CC)cc2)C1)C(N)=O. The maximum Gasteiger partial charge on any atom is 0.573 e. The number of rotatable bonds is 12. The van der Waals surface area contributed by atoms with E-state index in [0.717, 1.165) is 45.7 Å². The summed E-state index contributed by atoms with van der Waals surface area (Å²) in [5.74, 6) is -5.47. The first kappa shape index (κ1) is 37.5. The van der Waals surface area contributed by atoms with Crippen LogP contribution in [0.2, 0.25) is 0 Å². The van der Waals surface area contributed by atoms with E-state index in [2.05, 4.69) is 21.9 Å². The second-order valence-electron chi connectivity index (χ2n) is 10.3. The molecule has 260 valence electrons. The number of sulfonamides is 1. The minimum atomic E-state index is -5.01. The van der Waals surface area contributed by atoms with Gasteiger partial charge in [0, 0.05) is 49.4 Å². The number of benzene rings is 2. The number of piperazine rings is 1. The van der Waals surface area contributed by atoms with Crippen LogP contribution in [0.25, 0.3) is 0 Å². The Morgan fingerprint density at radius 1 is 1.04 bits per heavy atom. The highest BCUT2D eigenvalue weighted by Gasteiger charge is 2.41. The number of nitrogens with two attached hydrogens (primary N) is 2. The van der Waals surface area contributed by atoms with E-state index < -0.39 is 76.4 Å². The van der Waals surface area contributed by atoms with Gasteiger partial charge in [0.05, 0.1) is 4.90 Å². The van der Waals surface area contributed by atoms with Gasteiger partial charge in [-0.1, -0.05) is 37.8 Å². The van der Waals surface area contributed by atoms with Crippen molar-refractivity contribution in [2.24, 2.45) is 11.5 Å². The number of ether oxygens (including phenoxy) is 1. The molecule has 0 bridgehead atoms. The molecule has 48 heavy (non-hydrogen) atoms. The summed E-state index contributed by atoms with van der Waals surface area (Å²) in [6.07, 6.45) is -2.01. The van der Waals surface area contributed by atoms with Gasteiger partial charge >= 0.3 is 12.4 Å². The van der Waals surface area contributed by atoms with Crippen LogP contribution in [-0.2, 0) is 32.1 Å². The van der Waals surface area contributed by atoms with Crippen molar-refractivity contribution in [3.05, 3.63) is 95.9 Å². The summed E-state index contributed by atoms with van der Waals surface area (Å²) < 4.78 is 97.8. The fourth-order valence-corrected chi connectivity index (χ4v) is 6.04. The second-order valence-corrected chi connectivity index (χ2v) is 12.2. The molecular weight excluding hydrogens is 667 g/mol. The zero-order valence-electron chi connectivity index (χ0n) is 25.5. The molecule has 3 rings (SSSR count). The zero-order valence-corrected chi connectivity index (χ0v) is 26.3. The Morgan fingerprint density at radius 2 is 1.67 bits per heavy atom. The molecule has 1 heterocycles. The second kappa shape index (κ2) is 15.3. The predicted octanol–water partition coefficient (Wildman–Crippen LogP) is 3.19. The summed E-state index contributed by atoms with van der Waals surface area (Å²) in [4.78, 5) is 38.8. The Kier molecular flexibility index (Phi) is 11.9. The van der Waals surface area contributed by atoms with Crippen LogP contribution in [0, 0.1) is 0 Å². The predicted molar refractivity (Wildman–Crippen MR) is 163 cm³/mol. The van der Waals surface area contributed by atoms with E-state index in [9.17, 15) is 44.8 Å². The van der Waals surface area contributed by atoms with Gasteiger partial charge in [-0.2, -0.15) is 4.31 Å². The molecule has 1 aliphatic rings. The average Bonchev–Trinajstić information content (AvgIpc) is 3.03. The van der Waals surface area contributed by atoms with Gasteiger partial charge in [0.25, 0.3) is 5.92 Å². The minimum Gasteiger partial charge on any atom is -0.406 e. The van der Waals surface area contributed by atoms with Crippen LogP contribution < -0.4 is 26.8 Å². The molecule has 0 spiro atoms. The quantitative estimate of drug-likeness (QED) is 0.149. The number of carbonyl (C=O) groups excluding carboxylic acids is 3. The summed E-state index contributed by atoms with van der Waals surface area (Å²) >= 11 is 0. The molecular formula is C30H33F5N6O6S. The molecule has 2 aromatic carbocycles. The number of hydrogen-bond donors (Lipinski definition) is 4. The number of alkyl halides is 5. The summed E-state index contributed by atoms with van der Waals surface area (Å²) in [7, 11) is -4.54. The minimum absolute atomic E-state index is 0.000570. The van der Waals surface area contributed by atoms with Crippen LogP contribution >= 0.6 is 0 Å². The number of hydrogen-bond acceptors (Lipinski definition) is 7. The number of carbonyl (C=O) groups is 3. The van der Waals surface area contributed by atoms with Gasteiger partial charge in [-0.15, -0.1) is 13.2 Å². The lowest BCUT2D eigenvalue weighted by Crippen LogP contribution is -2.62. The Morgan fingerprint density at radius 3 is 2.21 bits per heavy atom. The van der Waals surface area contributed by atoms with Crippen molar-refractivity contribution in [1.82, 2.24) is 19.8 Å². The molecule has 6 N–H and O–H groups in total.